The second-order valence-corrected chi connectivity index (χ2v) is 5.58. The summed E-state index contributed by atoms with van der Waals surface area (Å²) in [6.07, 6.45) is 0.184. The highest BCUT2D eigenvalue weighted by molar-refractivity contribution is 5.30. The molecule has 1 aliphatic rings. The van der Waals surface area contributed by atoms with Gasteiger partial charge in [0.25, 0.3) is 0 Å². The number of methoxy groups -OCH3 is 3. The lowest BCUT2D eigenvalue weighted by molar-refractivity contribution is -0.00461. The van der Waals surface area contributed by atoms with Crippen molar-refractivity contribution in [3.05, 3.63) is 29.8 Å². The maximum Gasteiger partial charge on any atom is 0.118 e. The van der Waals surface area contributed by atoms with Gasteiger partial charge in [-0.1, -0.05) is 12.1 Å². The highest BCUT2D eigenvalue weighted by Crippen LogP contribution is 2.30. The molecule has 2 rings (SSSR count). The first-order valence-corrected chi connectivity index (χ1v) is 7.29. The average molecular weight is 294 g/mol. The van der Waals surface area contributed by atoms with Crippen LogP contribution < -0.4 is 10.5 Å². The fourth-order valence-electron chi connectivity index (χ4n) is 3.10. The van der Waals surface area contributed by atoms with Crippen LogP contribution in [-0.4, -0.2) is 57.6 Å². The summed E-state index contributed by atoms with van der Waals surface area (Å²) in [6, 6.07) is 8.27. The van der Waals surface area contributed by atoms with E-state index in [1.165, 1.54) is 5.56 Å². The van der Waals surface area contributed by atoms with Crippen LogP contribution in [0.25, 0.3) is 0 Å². The topological polar surface area (TPSA) is 57.0 Å². The first-order chi connectivity index (χ1) is 10.1. The molecule has 0 radical (unpaired) electrons. The van der Waals surface area contributed by atoms with E-state index in [1.54, 1.807) is 21.3 Å². The summed E-state index contributed by atoms with van der Waals surface area (Å²) in [4.78, 5) is 2.34. The molecular formula is C16H26N2O3. The minimum Gasteiger partial charge on any atom is -0.497 e. The summed E-state index contributed by atoms with van der Waals surface area (Å²) in [5.41, 5.74) is 7.43. The predicted molar refractivity (Wildman–Crippen MR) is 82.6 cm³/mol. The van der Waals surface area contributed by atoms with E-state index in [2.05, 4.69) is 17.0 Å². The molecule has 1 aromatic carbocycles. The van der Waals surface area contributed by atoms with E-state index in [4.69, 9.17) is 19.9 Å². The molecular weight excluding hydrogens is 268 g/mol. The van der Waals surface area contributed by atoms with E-state index in [-0.39, 0.29) is 24.3 Å². The van der Waals surface area contributed by atoms with Gasteiger partial charge < -0.3 is 19.9 Å². The van der Waals surface area contributed by atoms with Crippen LogP contribution in [0.15, 0.2) is 24.3 Å². The number of ether oxygens (including phenoxy) is 3. The second-order valence-electron chi connectivity index (χ2n) is 5.58. The maximum atomic E-state index is 6.24. The van der Waals surface area contributed by atoms with Gasteiger partial charge in [-0.3, -0.25) is 4.90 Å². The molecule has 1 heterocycles. The van der Waals surface area contributed by atoms with Gasteiger partial charge in [0.15, 0.2) is 0 Å². The van der Waals surface area contributed by atoms with Crippen molar-refractivity contribution in [2.75, 3.05) is 34.4 Å². The first kappa shape index (κ1) is 16.2. The lowest BCUT2D eigenvalue weighted by Crippen LogP contribution is -2.39. The molecule has 118 valence electrons. The molecule has 0 aromatic heterocycles. The van der Waals surface area contributed by atoms with E-state index in [0.29, 0.717) is 0 Å². The van der Waals surface area contributed by atoms with Gasteiger partial charge in [-0.2, -0.15) is 0 Å². The molecule has 4 unspecified atom stereocenters. The van der Waals surface area contributed by atoms with Crippen molar-refractivity contribution in [1.82, 2.24) is 4.90 Å². The molecule has 0 aliphatic carbocycles. The molecule has 2 N–H and O–H groups in total. The summed E-state index contributed by atoms with van der Waals surface area (Å²) in [7, 11) is 5.13. The predicted octanol–water partition coefficient (Wildman–Crippen LogP) is 1.43. The van der Waals surface area contributed by atoms with Gasteiger partial charge in [0.2, 0.25) is 0 Å². The van der Waals surface area contributed by atoms with Crippen LogP contribution in [0.3, 0.4) is 0 Å². The lowest BCUT2D eigenvalue weighted by atomic mass is 9.99. The molecule has 21 heavy (non-hydrogen) atoms. The molecule has 0 spiro atoms. The van der Waals surface area contributed by atoms with Crippen molar-refractivity contribution in [2.45, 2.75) is 31.2 Å². The smallest absolute Gasteiger partial charge is 0.118 e. The zero-order valence-corrected chi connectivity index (χ0v) is 13.3. The molecule has 1 aromatic rings. The largest absolute Gasteiger partial charge is 0.497 e. The van der Waals surface area contributed by atoms with Crippen LogP contribution in [0, 0.1) is 0 Å². The van der Waals surface area contributed by atoms with Gasteiger partial charge in [0, 0.05) is 39.4 Å². The Morgan fingerprint density at radius 3 is 1.95 bits per heavy atom. The van der Waals surface area contributed by atoms with Crippen molar-refractivity contribution in [3.63, 3.8) is 0 Å². The fraction of sp³-hybridized carbons (Fsp3) is 0.625. The average Bonchev–Trinajstić information content (AvgIpc) is 2.90. The third-order valence-electron chi connectivity index (χ3n) is 4.20. The Bertz CT molecular complexity index is 424. The normalized spacial score (nSPS) is 25.8. The SMILES string of the molecule is COc1ccc(C(C(C)N)N2CC(OC)C(OC)C2)cc1. The number of hydrogen-bond donors (Lipinski definition) is 1. The minimum atomic E-state index is 0.0199. The Labute approximate surface area is 127 Å². The molecule has 1 saturated heterocycles. The van der Waals surface area contributed by atoms with E-state index in [0.717, 1.165) is 18.8 Å². The highest BCUT2D eigenvalue weighted by Gasteiger charge is 2.38. The van der Waals surface area contributed by atoms with Gasteiger partial charge in [-0.05, 0) is 24.6 Å². The molecule has 5 nitrogen and oxygen atoms in total. The Morgan fingerprint density at radius 1 is 1.05 bits per heavy atom. The van der Waals surface area contributed by atoms with Crippen molar-refractivity contribution < 1.29 is 14.2 Å². The minimum absolute atomic E-state index is 0.0199. The van der Waals surface area contributed by atoms with Gasteiger partial charge in [0.1, 0.15) is 5.75 Å². The summed E-state index contributed by atoms with van der Waals surface area (Å²) in [5.74, 6) is 0.855. The lowest BCUT2D eigenvalue weighted by Gasteiger charge is -2.31. The molecule has 5 heteroatoms. The molecule has 0 amide bonds. The number of nitrogens with zero attached hydrogens (tertiary/aromatic N) is 1. The van der Waals surface area contributed by atoms with Crippen molar-refractivity contribution in [2.24, 2.45) is 5.73 Å². The first-order valence-electron chi connectivity index (χ1n) is 7.29. The summed E-state index contributed by atoms with van der Waals surface area (Å²) < 4.78 is 16.3. The number of rotatable bonds is 6. The van der Waals surface area contributed by atoms with Crippen LogP contribution in [0.1, 0.15) is 18.5 Å². The summed E-state index contributed by atoms with van der Waals surface area (Å²) >= 11 is 0. The monoisotopic (exact) mass is 294 g/mol. The van der Waals surface area contributed by atoms with E-state index >= 15 is 0 Å². The molecule has 0 saturated carbocycles. The fourth-order valence-corrected chi connectivity index (χ4v) is 3.10. The van der Waals surface area contributed by atoms with Crippen LogP contribution in [0.4, 0.5) is 0 Å². The number of likely N-dealkylation sites (tertiary alicyclic amines) is 1. The Balaban J connectivity index is 2.19. The van der Waals surface area contributed by atoms with Crippen molar-refractivity contribution >= 4 is 0 Å². The van der Waals surface area contributed by atoms with E-state index in [1.807, 2.05) is 19.1 Å². The summed E-state index contributed by atoms with van der Waals surface area (Å²) in [5, 5.41) is 0. The van der Waals surface area contributed by atoms with Crippen molar-refractivity contribution in [3.8, 4) is 5.75 Å². The molecule has 1 aliphatic heterocycles. The van der Waals surface area contributed by atoms with Crippen molar-refractivity contribution in [1.29, 1.82) is 0 Å². The zero-order chi connectivity index (χ0) is 15.4. The van der Waals surface area contributed by atoms with Gasteiger partial charge in [0.05, 0.1) is 19.3 Å². The third-order valence-corrected chi connectivity index (χ3v) is 4.20. The summed E-state index contributed by atoms with van der Waals surface area (Å²) in [6.45, 7) is 3.69. The maximum absolute atomic E-state index is 6.24. The second kappa shape index (κ2) is 7.22. The van der Waals surface area contributed by atoms with E-state index in [9.17, 15) is 0 Å². The highest BCUT2D eigenvalue weighted by atomic mass is 16.5. The van der Waals surface area contributed by atoms with Gasteiger partial charge in [-0.15, -0.1) is 0 Å². The third kappa shape index (κ3) is 3.55. The van der Waals surface area contributed by atoms with Gasteiger partial charge in [-0.25, -0.2) is 0 Å². The van der Waals surface area contributed by atoms with Crippen LogP contribution >= 0.6 is 0 Å². The van der Waals surface area contributed by atoms with E-state index < -0.39 is 0 Å². The van der Waals surface area contributed by atoms with Gasteiger partial charge >= 0.3 is 0 Å². The Kier molecular flexibility index (Phi) is 5.58. The molecule has 1 fully saturated rings. The quantitative estimate of drug-likeness (QED) is 0.860. The number of nitrogens with two attached hydrogens (primary N) is 1. The number of hydrogen-bond acceptors (Lipinski definition) is 5. The van der Waals surface area contributed by atoms with Crippen LogP contribution in [0.5, 0.6) is 5.75 Å². The van der Waals surface area contributed by atoms with Crippen LogP contribution in [-0.2, 0) is 9.47 Å². The Hall–Kier alpha value is -1.14. The number of benzene rings is 1. The molecule has 4 atom stereocenters. The Morgan fingerprint density at radius 2 is 1.57 bits per heavy atom. The standard InChI is InChI=1S/C16H26N2O3/c1-11(17)16(12-5-7-13(19-2)8-6-12)18-9-14(20-3)15(10-18)21-4/h5-8,11,14-16H,9-10,17H2,1-4H3. The zero-order valence-electron chi connectivity index (χ0n) is 13.3. The van der Waals surface area contributed by atoms with Crippen LogP contribution in [0.2, 0.25) is 0 Å². The molecule has 0 bridgehead atoms.